The summed E-state index contributed by atoms with van der Waals surface area (Å²) < 4.78 is 0. The van der Waals surface area contributed by atoms with Crippen LogP contribution in [0.3, 0.4) is 0 Å². The molecule has 0 aromatic heterocycles. The van der Waals surface area contributed by atoms with E-state index >= 15 is 0 Å². The lowest BCUT2D eigenvalue weighted by atomic mass is 10.1. The van der Waals surface area contributed by atoms with Crippen molar-refractivity contribution in [2.75, 3.05) is 0 Å². The number of oxime groups is 1. The van der Waals surface area contributed by atoms with Crippen LogP contribution < -0.4 is 0 Å². The van der Waals surface area contributed by atoms with Crippen molar-refractivity contribution in [1.29, 1.82) is 0 Å². The molecule has 0 fully saturated rings. The highest BCUT2D eigenvalue weighted by Gasteiger charge is 2.00. The van der Waals surface area contributed by atoms with Gasteiger partial charge in [-0.15, -0.1) is 0 Å². The summed E-state index contributed by atoms with van der Waals surface area (Å²) in [6.45, 7) is 2.63. The van der Waals surface area contributed by atoms with Crippen LogP contribution in [0.4, 0.5) is 0 Å². The van der Waals surface area contributed by atoms with E-state index in [0.29, 0.717) is 6.61 Å². The predicted molar refractivity (Wildman–Crippen MR) is 79.1 cm³/mol. The van der Waals surface area contributed by atoms with E-state index in [9.17, 15) is 0 Å². The zero-order valence-corrected chi connectivity index (χ0v) is 11.3. The summed E-state index contributed by atoms with van der Waals surface area (Å²) in [5.74, 6) is 0. The number of hydrogen-bond acceptors (Lipinski definition) is 2. The van der Waals surface area contributed by atoms with Gasteiger partial charge in [-0.2, -0.15) is 0 Å². The number of hydrogen-bond donors (Lipinski definition) is 0. The first kappa shape index (κ1) is 13.3. The van der Waals surface area contributed by atoms with E-state index in [1.54, 1.807) is 0 Å². The normalized spacial score (nSPS) is 11.3. The Balaban J connectivity index is 1.89. The predicted octanol–water partition coefficient (Wildman–Crippen LogP) is 4.21. The minimum Gasteiger partial charge on any atom is -0.391 e. The highest BCUT2D eigenvalue weighted by Crippen LogP contribution is 2.05. The molecule has 0 saturated carbocycles. The van der Waals surface area contributed by atoms with Crippen LogP contribution in [0.25, 0.3) is 0 Å². The molecule has 0 amide bonds. The maximum Gasteiger partial charge on any atom is 0.142 e. The van der Waals surface area contributed by atoms with Gasteiger partial charge in [0, 0.05) is 6.42 Å². The van der Waals surface area contributed by atoms with Crippen molar-refractivity contribution in [3.8, 4) is 0 Å². The Bertz CT molecular complexity index is 505. The summed E-state index contributed by atoms with van der Waals surface area (Å²) in [6.07, 6.45) is 1.76. The summed E-state index contributed by atoms with van der Waals surface area (Å²) in [4.78, 5) is 5.43. The Morgan fingerprint density at radius 3 is 2.05 bits per heavy atom. The third-order valence-corrected chi connectivity index (χ3v) is 2.93. The van der Waals surface area contributed by atoms with Gasteiger partial charge in [0.15, 0.2) is 0 Å². The molecule has 2 nitrogen and oxygen atoms in total. The first-order chi connectivity index (χ1) is 9.38. The monoisotopic (exact) mass is 253 g/mol. The van der Waals surface area contributed by atoms with Gasteiger partial charge in [-0.3, -0.25) is 0 Å². The van der Waals surface area contributed by atoms with Gasteiger partial charge in [-0.25, -0.2) is 0 Å². The molecule has 0 atom stereocenters. The zero-order chi connectivity index (χ0) is 13.3. The van der Waals surface area contributed by atoms with Crippen molar-refractivity contribution in [2.45, 2.75) is 26.4 Å². The molecule has 0 aliphatic carbocycles. The second kappa shape index (κ2) is 7.37. The fourth-order valence-corrected chi connectivity index (χ4v) is 1.83. The average molecular weight is 253 g/mol. The summed E-state index contributed by atoms with van der Waals surface area (Å²) >= 11 is 0. The molecule has 0 saturated heterocycles. The van der Waals surface area contributed by atoms with Gasteiger partial charge in [0.05, 0.1) is 5.71 Å². The number of nitrogens with zero attached hydrogens (tertiary/aromatic N) is 1. The van der Waals surface area contributed by atoms with Crippen molar-refractivity contribution in [2.24, 2.45) is 5.16 Å². The first-order valence-electron chi connectivity index (χ1n) is 6.64. The smallest absolute Gasteiger partial charge is 0.142 e. The van der Waals surface area contributed by atoms with E-state index in [1.165, 1.54) is 5.56 Å². The lowest BCUT2D eigenvalue weighted by molar-refractivity contribution is 0.129. The van der Waals surface area contributed by atoms with E-state index in [-0.39, 0.29) is 0 Å². The van der Waals surface area contributed by atoms with Crippen LogP contribution in [-0.4, -0.2) is 5.71 Å². The Hall–Kier alpha value is -2.09. The minimum atomic E-state index is 0.527. The van der Waals surface area contributed by atoms with Gasteiger partial charge >= 0.3 is 0 Å². The van der Waals surface area contributed by atoms with Crippen LogP contribution in [0.1, 0.15) is 24.5 Å². The first-order valence-corrected chi connectivity index (χ1v) is 6.64. The molecule has 0 heterocycles. The van der Waals surface area contributed by atoms with Crippen molar-refractivity contribution in [3.63, 3.8) is 0 Å². The fraction of sp³-hybridized carbons (Fsp3) is 0.235. The van der Waals surface area contributed by atoms with Gasteiger partial charge in [0.25, 0.3) is 0 Å². The quantitative estimate of drug-likeness (QED) is 0.558. The van der Waals surface area contributed by atoms with E-state index in [0.717, 1.165) is 24.1 Å². The molecule has 0 N–H and O–H groups in total. The molecule has 0 radical (unpaired) electrons. The largest absolute Gasteiger partial charge is 0.391 e. The van der Waals surface area contributed by atoms with Crippen LogP contribution >= 0.6 is 0 Å². The number of benzene rings is 2. The van der Waals surface area contributed by atoms with Gasteiger partial charge in [-0.05, 0) is 17.5 Å². The highest BCUT2D eigenvalue weighted by molar-refractivity contribution is 5.85. The summed E-state index contributed by atoms with van der Waals surface area (Å²) in [6, 6.07) is 20.4. The summed E-state index contributed by atoms with van der Waals surface area (Å²) in [5, 5.41) is 4.25. The third-order valence-electron chi connectivity index (χ3n) is 2.93. The standard InChI is InChI=1S/C17H19NO/c1-2-17(13-15-9-5-3-6-10-15)18-19-14-16-11-7-4-8-12-16/h3-12H,2,13-14H2,1H3. The second-order valence-corrected chi connectivity index (χ2v) is 4.43. The van der Waals surface area contributed by atoms with Crippen molar-refractivity contribution >= 4 is 5.71 Å². The Kier molecular flexibility index (Phi) is 5.17. The minimum absolute atomic E-state index is 0.527. The Morgan fingerprint density at radius 2 is 1.47 bits per heavy atom. The summed E-state index contributed by atoms with van der Waals surface area (Å²) in [7, 11) is 0. The highest BCUT2D eigenvalue weighted by atomic mass is 16.6. The van der Waals surface area contributed by atoms with Crippen molar-refractivity contribution in [3.05, 3.63) is 71.8 Å². The van der Waals surface area contributed by atoms with Gasteiger partial charge < -0.3 is 4.84 Å². The zero-order valence-electron chi connectivity index (χ0n) is 11.3. The second-order valence-electron chi connectivity index (χ2n) is 4.43. The van der Waals surface area contributed by atoms with E-state index in [2.05, 4.69) is 24.2 Å². The molecule has 0 unspecified atom stereocenters. The molecule has 98 valence electrons. The van der Waals surface area contributed by atoms with Gasteiger partial charge in [-0.1, -0.05) is 72.7 Å². The number of rotatable bonds is 6. The maximum absolute atomic E-state index is 5.43. The molecule has 2 heteroatoms. The van der Waals surface area contributed by atoms with Crippen molar-refractivity contribution < 1.29 is 4.84 Å². The van der Waals surface area contributed by atoms with E-state index < -0.39 is 0 Å². The molecular weight excluding hydrogens is 234 g/mol. The molecule has 2 aromatic rings. The Labute approximate surface area is 114 Å². The molecule has 19 heavy (non-hydrogen) atoms. The molecule has 0 bridgehead atoms. The molecule has 0 aliphatic heterocycles. The molecule has 0 aliphatic rings. The molecule has 2 aromatic carbocycles. The van der Waals surface area contributed by atoms with Crippen LogP contribution in [0, 0.1) is 0 Å². The molecular formula is C17H19NO. The van der Waals surface area contributed by atoms with Crippen LogP contribution in [0.15, 0.2) is 65.8 Å². The lowest BCUT2D eigenvalue weighted by Crippen LogP contribution is -2.02. The SMILES string of the molecule is CCC(Cc1ccccc1)=NOCc1ccccc1. The van der Waals surface area contributed by atoms with E-state index in [1.807, 2.05) is 48.5 Å². The lowest BCUT2D eigenvalue weighted by Gasteiger charge is -2.05. The third kappa shape index (κ3) is 4.59. The molecule has 2 rings (SSSR count). The van der Waals surface area contributed by atoms with Crippen LogP contribution in [0.5, 0.6) is 0 Å². The Morgan fingerprint density at radius 1 is 0.895 bits per heavy atom. The van der Waals surface area contributed by atoms with Crippen molar-refractivity contribution in [1.82, 2.24) is 0 Å². The van der Waals surface area contributed by atoms with Crippen LogP contribution in [0.2, 0.25) is 0 Å². The fourth-order valence-electron chi connectivity index (χ4n) is 1.83. The van der Waals surface area contributed by atoms with Gasteiger partial charge in [0.1, 0.15) is 6.61 Å². The van der Waals surface area contributed by atoms with E-state index in [4.69, 9.17) is 4.84 Å². The van der Waals surface area contributed by atoms with Crippen LogP contribution in [-0.2, 0) is 17.9 Å². The topological polar surface area (TPSA) is 21.6 Å². The molecule has 0 spiro atoms. The average Bonchev–Trinajstić information content (AvgIpc) is 2.48. The van der Waals surface area contributed by atoms with Gasteiger partial charge in [0.2, 0.25) is 0 Å². The summed E-state index contributed by atoms with van der Waals surface area (Å²) in [5.41, 5.74) is 3.48. The maximum atomic E-state index is 5.43.